The number of fused-ring (bicyclic) bond motifs is 2. The molecule has 2 aliphatic rings. The Bertz CT molecular complexity index is 554. The first-order valence-electron chi connectivity index (χ1n) is 6.58. The first-order valence-corrected chi connectivity index (χ1v) is 8.06. The number of sulfonamides is 1. The zero-order valence-corrected chi connectivity index (χ0v) is 11.7. The van der Waals surface area contributed by atoms with E-state index in [4.69, 9.17) is 4.74 Å². The third-order valence-corrected chi connectivity index (χ3v) is 5.28. The summed E-state index contributed by atoms with van der Waals surface area (Å²) < 4.78 is 33.0. The molecule has 3 rings (SSSR count). The van der Waals surface area contributed by atoms with E-state index in [1.54, 1.807) is 6.07 Å². The normalized spacial score (nSPS) is 30.1. The molecule has 3 heterocycles. The van der Waals surface area contributed by atoms with Crippen LogP contribution in [0.4, 0.5) is 0 Å². The van der Waals surface area contributed by atoms with Crippen LogP contribution in [0, 0.1) is 0 Å². The molecule has 0 amide bonds. The van der Waals surface area contributed by atoms with Crippen LogP contribution >= 0.6 is 0 Å². The van der Waals surface area contributed by atoms with Crippen molar-refractivity contribution < 1.29 is 13.2 Å². The second-order valence-electron chi connectivity index (χ2n) is 5.23. The zero-order chi connectivity index (χ0) is 13.5. The Morgan fingerprint density at radius 3 is 2.95 bits per heavy atom. The van der Waals surface area contributed by atoms with E-state index in [0.29, 0.717) is 11.4 Å². The molecule has 2 fully saturated rings. The van der Waals surface area contributed by atoms with Gasteiger partial charge in [0, 0.05) is 18.4 Å². The molecule has 106 valence electrons. The topological polar surface area (TPSA) is 83.2 Å². The van der Waals surface area contributed by atoms with Gasteiger partial charge in [-0.25, -0.2) is 13.1 Å². The summed E-state index contributed by atoms with van der Waals surface area (Å²) in [6.45, 7) is 0.618. The van der Waals surface area contributed by atoms with Crippen LogP contribution in [0.3, 0.4) is 0 Å². The molecule has 0 radical (unpaired) electrons. The second-order valence-corrected chi connectivity index (χ2v) is 6.94. The fourth-order valence-corrected chi connectivity index (χ4v) is 4.19. The van der Waals surface area contributed by atoms with E-state index in [1.807, 2.05) is 7.05 Å². The smallest absolute Gasteiger partial charge is 0.242 e. The van der Waals surface area contributed by atoms with Gasteiger partial charge in [-0.1, -0.05) is 0 Å². The van der Waals surface area contributed by atoms with Crippen molar-refractivity contribution in [3.05, 3.63) is 18.0 Å². The Balaban J connectivity index is 1.71. The van der Waals surface area contributed by atoms with Crippen LogP contribution in [0.25, 0.3) is 0 Å². The van der Waals surface area contributed by atoms with Gasteiger partial charge >= 0.3 is 0 Å². The zero-order valence-electron chi connectivity index (χ0n) is 10.8. The van der Waals surface area contributed by atoms with Gasteiger partial charge in [0.2, 0.25) is 10.0 Å². The minimum atomic E-state index is -3.45. The molecule has 0 spiro atoms. The highest BCUT2D eigenvalue weighted by Crippen LogP contribution is 2.35. The van der Waals surface area contributed by atoms with Crippen LogP contribution < -0.4 is 10.0 Å². The summed E-state index contributed by atoms with van der Waals surface area (Å²) in [5.41, 5.74) is 0.854. The van der Waals surface area contributed by atoms with E-state index in [-0.39, 0.29) is 18.2 Å². The lowest BCUT2D eigenvalue weighted by Gasteiger charge is -2.19. The molecule has 0 aromatic carbocycles. The number of aromatic amines is 1. The van der Waals surface area contributed by atoms with Gasteiger partial charge in [0.05, 0.1) is 23.1 Å². The highest BCUT2D eigenvalue weighted by molar-refractivity contribution is 7.89. The Morgan fingerprint density at radius 2 is 2.32 bits per heavy atom. The van der Waals surface area contributed by atoms with Gasteiger partial charge in [-0.2, -0.15) is 0 Å². The van der Waals surface area contributed by atoms with Crippen LogP contribution in [-0.4, -0.2) is 38.7 Å². The Hall–Kier alpha value is -0.890. The molecule has 3 N–H and O–H groups in total. The number of aromatic nitrogens is 1. The molecule has 3 unspecified atom stereocenters. The summed E-state index contributed by atoms with van der Waals surface area (Å²) in [6, 6.07) is 1.58. The maximum Gasteiger partial charge on any atom is 0.242 e. The molecule has 19 heavy (non-hydrogen) atoms. The first-order chi connectivity index (χ1) is 9.08. The number of H-pyrrole nitrogens is 1. The van der Waals surface area contributed by atoms with Crippen LogP contribution in [0.1, 0.15) is 25.0 Å². The van der Waals surface area contributed by atoms with Crippen molar-refractivity contribution in [1.29, 1.82) is 0 Å². The summed E-state index contributed by atoms with van der Waals surface area (Å²) >= 11 is 0. The first kappa shape index (κ1) is 13.1. The van der Waals surface area contributed by atoms with Crippen molar-refractivity contribution >= 4 is 10.0 Å². The number of hydrogen-bond acceptors (Lipinski definition) is 4. The third-order valence-electron chi connectivity index (χ3n) is 3.81. The molecule has 0 aliphatic carbocycles. The van der Waals surface area contributed by atoms with Gasteiger partial charge in [0.1, 0.15) is 0 Å². The van der Waals surface area contributed by atoms with Crippen molar-refractivity contribution in [3.63, 3.8) is 0 Å². The van der Waals surface area contributed by atoms with Crippen LogP contribution in [0.15, 0.2) is 17.2 Å². The lowest BCUT2D eigenvalue weighted by atomic mass is 9.96. The van der Waals surface area contributed by atoms with E-state index in [2.05, 4.69) is 15.0 Å². The van der Waals surface area contributed by atoms with Gasteiger partial charge in [0.15, 0.2) is 0 Å². The molecule has 2 saturated heterocycles. The van der Waals surface area contributed by atoms with Crippen molar-refractivity contribution in [3.8, 4) is 0 Å². The summed E-state index contributed by atoms with van der Waals surface area (Å²) in [6.07, 6.45) is 4.62. The fraction of sp³-hybridized carbons (Fsp3) is 0.667. The highest BCUT2D eigenvalue weighted by atomic mass is 32.2. The van der Waals surface area contributed by atoms with E-state index in [0.717, 1.165) is 25.0 Å². The van der Waals surface area contributed by atoms with E-state index in [1.165, 1.54) is 6.20 Å². The largest absolute Gasteiger partial charge is 0.373 e. The van der Waals surface area contributed by atoms with Crippen molar-refractivity contribution in [1.82, 2.24) is 15.0 Å². The molecule has 1 aromatic heterocycles. The van der Waals surface area contributed by atoms with Crippen molar-refractivity contribution in [2.45, 2.75) is 49.0 Å². The lowest BCUT2D eigenvalue weighted by molar-refractivity contribution is 0.0996. The average molecular weight is 285 g/mol. The molecular weight excluding hydrogens is 266 g/mol. The van der Waals surface area contributed by atoms with Crippen molar-refractivity contribution in [2.24, 2.45) is 0 Å². The molecule has 6 nitrogen and oxygen atoms in total. The molecule has 3 atom stereocenters. The maximum absolute atomic E-state index is 12.3. The quantitative estimate of drug-likeness (QED) is 0.728. The second kappa shape index (κ2) is 4.90. The summed E-state index contributed by atoms with van der Waals surface area (Å²) in [4.78, 5) is 3.25. The third kappa shape index (κ3) is 2.55. The Labute approximate surface area is 113 Å². The minimum Gasteiger partial charge on any atom is -0.373 e. The summed E-state index contributed by atoms with van der Waals surface area (Å²) in [7, 11) is -1.63. The molecule has 1 aromatic rings. The Kier molecular flexibility index (Phi) is 3.38. The predicted octanol–water partition coefficient (Wildman–Crippen LogP) is 0.332. The van der Waals surface area contributed by atoms with Gasteiger partial charge in [-0.15, -0.1) is 0 Å². The summed E-state index contributed by atoms with van der Waals surface area (Å²) in [5, 5.41) is 2.98. The van der Waals surface area contributed by atoms with Crippen molar-refractivity contribution in [2.75, 3.05) is 7.05 Å². The molecule has 0 saturated carbocycles. The van der Waals surface area contributed by atoms with Gasteiger partial charge < -0.3 is 15.0 Å². The van der Waals surface area contributed by atoms with E-state index < -0.39 is 10.0 Å². The monoisotopic (exact) mass is 285 g/mol. The fourth-order valence-electron chi connectivity index (χ4n) is 2.90. The van der Waals surface area contributed by atoms with Gasteiger partial charge in [-0.3, -0.25) is 0 Å². The van der Waals surface area contributed by atoms with Crippen LogP contribution in [0.2, 0.25) is 0 Å². The number of hydrogen-bond donors (Lipinski definition) is 3. The number of nitrogens with one attached hydrogen (secondary N) is 3. The molecular formula is C12H19N3O3S. The molecule has 2 aliphatic heterocycles. The lowest BCUT2D eigenvalue weighted by Crippen LogP contribution is -2.41. The average Bonchev–Trinajstić information content (AvgIpc) is 3.03. The molecule has 7 heteroatoms. The Morgan fingerprint density at radius 1 is 1.47 bits per heavy atom. The maximum atomic E-state index is 12.3. The number of ether oxygens (including phenoxy) is 1. The minimum absolute atomic E-state index is 0.0514. The predicted molar refractivity (Wildman–Crippen MR) is 70.2 cm³/mol. The van der Waals surface area contributed by atoms with Gasteiger partial charge in [-0.05, 0) is 32.4 Å². The van der Waals surface area contributed by atoms with Crippen LogP contribution in [0.5, 0.6) is 0 Å². The molecule has 2 bridgehead atoms. The summed E-state index contributed by atoms with van der Waals surface area (Å²) in [5.74, 6) is 0. The highest BCUT2D eigenvalue weighted by Gasteiger charge is 2.42. The van der Waals surface area contributed by atoms with E-state index >= 15 is 0 Å². The van der Waals surface area contributed by atoms with Gasteiger partial charge in [0.25, 0.3) is 0 Å². The van der Waals surface area contributed by atoms with Crippen LogP contribution in [-0.2, 0) is 21.3 Å². The SMILES string of the molecule is CNCc1cc(S(=O)(=O)NC2CC3CCC2O3)c[nH]1. The van der Waals surface area contributed by atoms with E-state index in [9.17, 15) is 8.42 Å². The standard InChI is InChI=1S/C12H19N3O3S/c1-13-6-8-4-10(7-14-8)19(16,17)15-11-5-9-2-3-12(11)18-9/h4,7,9,11-15H,2-3,5-6H2,1H3. The number of rotatable bonds is 5.